The first-order valence-corrected chi connectivity index (χ1v) is 10.0. The molecule has 1 aliphatic heterocycles. The predicted molar refractivity (Wildman–Crippen MR) is 108 cm³/mol. The van der Waals surface area contributed by atoms with Crippen LogP contribution in [0.4, 0.5) is 10.5 Å². The van der Waals surface area contributed by atoms with Gasteiger partial charge in [-0.2, -0.15) is 0 Å². The highest BCUT2D eigenvalue weighted by Crippen LogP contribution is 2.34. The van der Waals surface area contributed by atoms with Gasteiger partial charge in [0.05, 0.1) is 11.2 Å². The maximum absolute atomic E-state index is 12.5. The predicted octanol–water partition coefficient (Wildman–Crippen LogP) is 4.47. The third-order valence-corrected chi connectivity index (χ3v) is 5.64. The second kappa shape index (κ2) is 6.62. The number of aryl methyl sites for hydroxylation is 2. The van der Waals surface area contributed by atoms with Gasteiger partial charge in [-0.3, -0.25) is 4.90 Å². The minimum absolute atomic E-state index is 0.119. The molecule has 3 heterocycles. The Balaban J connectivity index is 1.43. The van der Waals surface area contributed by atoms with Gasteiger partial charge in [0.2, 0.25) is 0 Å². The highest BCUT2D eigenvalue weighted by atomic mass is 16.6. The number of H-pyrrole nitrogens is 1. The van der Waals surface area contributed by atoms with Gasteiger partial charge in [0.1, 0.15) is 11.9 Å². The number of nitrogens with one attached hydrogen (secondary N) is 1. The minimum Gasteiger partial charge on any atom is -0.446 e. The average molecular weight is 376 g/mol. The van der Waals surface area contributed by atoms with Crippen LogP contribution in [-0.2, 0) is 11.2 Å². The maximum Gasteiger partial charge on any atom is 0.414 e. The maximum atomic E-state index is 12.5. The van der Waals surface area contributed by atoms with Gasteiger partial charge in [0.25, 0.3) is 0 Å². The number of aromatic nitrogens is 3. The van der Waals surface area contributed by atoms with Crippen LogP contribution < -0.4 is 4.90 Å². The monoisotopic (exact) mass is 376 g/mol. The lowest BCUT2D eigenvalue weighted by Gasteiger charge is -2.29. The Hall–Kier alpha value is -2.89. The molecular formula is C22H24N4O2. The summed E-state index contributed by atoms with van der Waals surface area (Å²) in [7, 11) is 0. The number of nitrogens with zero attached hydrogens (tertiary/aromatic N) is 3. The van der Waals surface area contributed by atoms with Gasteiger partial charge < -0.3 is 9.72 Å². The van der Waals surface area contributed by atoms with Gasteiger partial charge in [-0.05, 0) is 61.4 Å². The number of imidazole rings is 1. The molecule has 28 heavy (non-hydrogen) atoms. The van der Waals surface area contributed by atoms with Crippen LogP contribution in [0.25, 0.3) is 11.2 Å². The van der Waals surface area contributed by atoms with Gasteiger partial charge >= 0.3 is 6.09 Å². The number of amides is 1. The Kier molecular flexibility index (Phi) is 4.07. The zero-order chi connectivity index (χ0) is 19.3. The summed E-state index contributed by atoms with van der Waals surface area (Å²) in [6, 6.07) is 8.43. The molecule has 0 saturated heterocycles. The van der Waals surface area contributed by atoms with E-state index in [4.69, 9.17) is 4.74 Å². The van der Waals surface area contributed by atoms with Crippen molar-refractivity contribution in [1.29, 1.82) is 0 Å². The van der Waals surface area contributed by atoms with Crippen molar-refractivity contribution in [3.8, 4) is 0 Å². The molecule has 0 spiro atoms. The van der Waals surface area contributed by atoms with Crippen LogP contribution in [0.2, 0.25) is 0 Å². The topological polar surface area (TPSA) is 71.1 Å². The van der Waals surface area contributed by atoms with Crippen molar-refractivity contribution in [2.45, 2.75) is 51.6 Å². The zero-order valence-corrected chi connectivity index (χ0v) is 16.2. The Morgan fingerprint density at radius 1 is 1.32 bits per heavy atom. The van der Waals surface area contributed by atoms with Crippen LogP contribution in [-0.4, -0.2) is 33.7 Å². The lowest BCUT2D eigenvalue weighted by molar-refractivity contribution is 0.146. The van der Waals surface area contributed by atoms with Crippen LogP contribution in [0.3, 0.4) is 0 Å². The highest BCUT2D eigenvalue weighted by molar-refractivity contribution is 5.89. The molecule has 1 saturated carbocycles. The molecule has 0 bridgehead atoms. The molecule has 2 aliphatic rings. The molecule has 1 fully saturated rings. The molecule has 2 aromatic heterocycles. The molecular weight excluding hydrogens is 352 g/mol. The van der Waals surface area contributed by atoms with Crippen molar-refractivity contribution >= 4 is 22.9 Å². The number of hydrogen-bond acceptors (Lipinski definition) is 4. The molecule has 1 N–H and O–H groups in total. The van der Waals surface area contributed by atoms with Crippen LogP contribution in [0, 0.1) is 6.92 Å². The van der Waals surface area contributed by atoms with E-state index >= 15 is 0 Å². The SMILES string of the molecule is Cc1cnc2nc(C(C)c3ccc4c(c3)CCCN4C(=O)OC3CC3)[nH]c2c1. The molecule has 1 aliphatic carbocycles. The highest BCUT2D eigenvalue weighted by Gasteiger charge is 2.31. The number of rotatable bonds is 3. The summed E-state index contributed by atoms with van der Waals surface area (Å²) in [5.41, 5.74) is 6.20. The smallest absolute Gasteiger partial charge is 0.414 e. The first kappa shape index (κ1) is 17.2. The molecule has 1 atom stereocenters. The van der Waals surface area contributed by atoms with Crippen molar-refractivity contribution in [3.63, 3.8) is 0 Å². The number of anilines is 1. The fourth-order valence-corrected chi connectivity index (χ4v) is 3.85. The van der Waals surface area contributed by atoms with Crippen molar-refractivity contribution < 1.29 is 9.53 Å². The van der Waals surface area contributed by atoms with Crippen LogP contribution in [0.5, 0.6) is 0 Å². The summed E-state index contributed by atoms with van der Waals surface area (Å²) >= 11 is 0. The quantitative estimate of drug-likeness (QED) is 0.732. The summed E-state index contributed by atoms with van der Waals surface area (Å²) < 4.78 is 5.51. The van der Waals surface area contributed by atoms with E-state index in [2.05, 4.69) is 46.1 Å². The number of aromatic amines is 1. The van der Waals surface area contributed by atoms with E-state index in [1.165, 1.54) is 11.1 Å². The van der Waals surface area contributed by atoms with Gasteiger partial charge in [-0.1, -0.05) is 19.1 Å². The van der Waals surface area contributed by atoms with Crippen molar-refractivity contribution in [2.75, 3.05) is 11.4 Å². The minimum atomic E-state index is -0.206. The van der Waals surface area contributed by atoms with Crippen molar-refractivity contribution in [2.24, 2.45) is 0 Å². The Morgan fingerprint density at radius 2 is 2.18 bits per heavy atom. The number of carbonyl (C=O) groups excluding carboxylic acids is 1. The van der Waals surface area contributed by atoms with E-state index < -0.39 is 0 Å². The number of benzene rings is 1. The van der Waals surface area contributed by atoms with Crippen molar-refractivity contribution in [1.82, 2.24) is 15.0 Å². The van der Waals surface area contributed by atoms with Gasteiger partial charge in [-0.25, -0.2) is 14.8 Å². The third-order valence-electron chi connectivity index (χ3n) is 5.64. The first-order valence-electron chi connectivity index (χ1n) is 10.0. The Morgan fingerprint density at radius 3 is 3.00 bits per heavy atom. The van der Waals surface area contributed by atoms with Gasteiger partial charge in [0, 0.05) is 18.7 Å². The van der Waals surface area contributed by atoms with Crippen molar-refractivity contribution in [3.05, 3.63) is 53.0 Å². The Bertz CT molecular complexity index is 1050. The number of hydrogen-bond donors (Lipinski definition) is 1. The summed E-state index contributed by atoms with van der Waals surface area (Å²) in [4.78, 5) is 26.7. The number of fused-ring (bicyclic) bond motifs is 2. The molecule has 3 aromatic rings. The lowest BCUT2D eigenvalue weighted by Crippen LogP contribution is -2.36. The second-order valence-electron chi connectivity index (χ2n) is 7.95. The van der Waals surface area contributed by atoms with Gasteiger partial charge in [0.15, 0.2) is 5.65 Å². The number of ether oxygens (including phenoxy) is 1. The zero-order valence-electron chi connectivity index (χ0n) is 16.2. The largest absolute Gasteiger partial charge is 0.446 e. The summed E-state index contributed by atoms with van der Waals surface area (Å²) in [5, 5.41) is 0. The standard InChI is InChI=1S/C22H24N4O2/c1-13-10-18-21(23-12-13)25-20(24-18)14(2)15-5-8-19-16(11-15)4-3-9-26(19)22(27)28-17-6-7-17/h5,8,10-12,14,17H,3-4,6-7,9H2,1-2H3,(H,23,24,25). The normalized spacial score (nSPS) is 17.4. The van der Waals surface area contributed by atoms with E-state index in [0.29, 0.717) is 0 Å². The molecule has 6 heteroatoms. The van der Waals surface area contributed by atoms with Crippen LogP contribution in [0.1, 0.15) is 54.6 Å². The molecule has 1 unspecified atom stereocenters. The van der Waals surface area contributed by atoms with E-state index in [0.717, 1.165) is 60.5 Å². The summed E-state index contributed by atoms with van der Waals surface area (Å²) in [5.74, 6) is 1.03. The van der Waals surface area contributed by atoms with E-state index in [-0.39, 0.29) is 18.1 Å². The van der Waals surface area contributed by atoms with Crippen LogP contribution in [0.15, 0.2) is 30.5 Å². The molecule has 1 aromatic carbocycles. The fraction of sp³-hybridized carbons (Fsp3) is 0.409. The first-order chi connectivity index (χ1) is 13.6. The van der Waals surface area contributed by atoms with E-state index in [1.807, 2.05) is 13.1 Å². The molecule has 0 radical (unpaired) electrons. The van der Waals surface area contributed by atoms with E-state index in [1.54, 1.807) is 4.90 Å². The van der Waals surface area contributed by atoms with E-state index in [9.17, 15) is 4.79 Å². The lowest BCUT2D eigenvalue weighted by atomic mass is 9.93. The molecule has 5 rings (SSSR count). The fourth-order valence-electron chi connectivity index (χ4n) is 3.85. The summed E-state index contributed by atoms with van der Waals surface area (Å²) in [6.07, 6.45) is 5.68. The third kappa shape index (κ3) is 3.13. The Labute approximate surface area is 163 Å². The number of carbonyl (C=O) groups is 1. The number of pyridine rings is 1. The molecule has 6 nitrogen and oxygen atoms in total. The van der Waals surface area contributed by atoms with Gasteiger partial charge in [-0.15, -0.1) is 0 Å². The molecule has 1 amide bonds. The van der Waals surface area contributed by atoms with Crippen LogP contribution >= 0.6 is 0 Å². The summed E-state index contributed by atoms with van der Waals surface area (Å²) in [6.45, 7) is 4.90. The molecule has 144 valence electrons. The average Bonchev–Trinajstić information content (AvgIpc) is 3.41. The second-order valence-corrected chi connectivity index (χ2v) is 7.95.